The van der Waals surface area contributed by atoms with Crippen LogP contribution in [0.1, 0.15) is 123 Å². The fraction of sp³-hybridized carbons (Fsp3) is 0.656. The summed E-state index contributed by atoms with van der Waals surface area (Å²) in [6, 6.07) is 12.7. The third-order valence-electron chi connectivity index (χ3n) is 7.02. The van der Waals surface area contributed by atoms with E-state index in [2.05, 4.69) is 62.1 Å². The molecule has 0 spiro atoms. The first-order chi connectivity index (χ1) is 17.2. The summed E-state index contributed by atoms with van der Waals surface area (Å²) in [4.78, 5) is 2.34. The van der Waals surface area contributed by atoms with Gasteiger partial charge in [0.25, 0.3) is 0 Å². The van der Waals surface area contributed by atoms with Gasteiger partial charge in [-0.1, -0.05) is 122 Å². The summed E-state index contributed by atoms with van der Waals surface area (Å²) < 4.78 is 6.22. The van der Waals surface area contributed by atoms with Gasteiger partial charge in [0.15, 0.2) is 0 Å². The van der Waals surface area contributed by atoms with Gasteiger partial charge in [-0.05, 0) is 36.8 Å². The molecule has 2 aromatic carbocycles. The quantitative estimate of drug-likeness (QED) is 0.116. The van der Waals surface area contributed by atoms with E-state index < -0.39 is 0 Å². The van der Waals surface area contributed by atoms with E-state index in [-0.39, 0.29) is 0 Å². The van der Waals surface area contributed by atoms with E-state index in [1.165, 1.54) is 89.9 Å². The summed E-state index contributed by atoms with van der Waals surface area (Å²) in [6.45, 7) is 9.53. The molecule has 35 heavy (non-hydrogen) atoms. The van der Waals surface area contributed by atoms with E-state index >= 15 is 0 Å². The predicted molar refractivity (Wildman–Crippen MR) is 154 cm³/mol. The number of hydrogen-bond donors (Lipinski definition) is 1. The number of fused-ring (bicyclic) bond motifs is 1. The van der Waals surface area contributed by atoms with E-state index in [1.54, 1.807) is 0 Å². The predicted octanol–water partition coefficient (Wildman–Crippen LogP) is 9.76. The number of rotatable bonds is 20. The number of nitrogens with one attached hydrogen (secondary N) is 1. The Morgan fingerprint density at radius 3 is 1.71 bits per heavy atom. The van der Waals surface area contributed by atoms with Gasteiger partial charge in [0, 0.05) is 24.0 Å². The van der Waals surface area contributed by atoms with Gasteiger partial charge in [0.05, 0.1) is 6.61 Å². The SMILES string of the molecule is CCCCCCCOc1ccc(C(=N)N(CCCCCCC)CCCCCCC)c2ccccc12. The third-order valence-corrected chi connectivity index (χ3v) is 7.02. The minimum atomic E-state index is 0.679. The summed E-state index contributed by atoms with van der Waals surface area (Å²) in [5, 5.41) is 11.5. The summed E-state index contributed by atoms with van der Waals surface area (Å²) in [7, 11) is 0. The van der Waals surface area contributed by atoms with Crippen molar-refractivity contribution in [1.82, 2.24) is 4.90 Å². The molecule has 0 aromatic heterocycles. The summed E-state index contributed by atoms with van der Waals surface area (Å²) in [6.07, 6.45) is 18.9. The molecule has 0 fully saturated rings. The lowest BCUT2D eigenvalue weighted by molar-refractivity contribution is 0.308. The van der Waals surface area contributed by atoms with Crippen LogP contribution in [0.25, 0.3) is 10.8 Å². The second-order valence-corrected chi connectivity index (χ2v) is 10.1. The topological polar surface area (TPSA) is 36.3 Å². The van der Waals surface area contributed by atoms with Crippen LogP contribution in [0.2, 0.25) is 0 Å². The Morgan fingerprint density at radius 1 is 0.629 bits per heavy atom. The number of benzene rings is 2. The number of hydrogen-bond acceptors (Lipinski definition) is 2. The van der Waals surface area contributed by atoms with Crippen LogP contribution in [0.15, 0.2) is 36.4 Å². The van der Waals surface area contributed by atoms with Crippen LogP contribution in [0.4, 0.5) is 0 Å². The molecule has 0 amide bonds. The highest BCUT2D eigenvalue weighted by molar-refractivity contribution is 6.09. The minimum absolute atomic E-state index is 0.679. The third kappa shape index (κ3) is 10.6. The van der Waals surface area contributed by atoms with Crippen LogP contribution in [0, 0.1) is 5.41 Å². The summed E-state index contributed by atoms with van der Waals surface area (Å²) >= 11 is 0. The van der Waals surface area contributed by atoms with E-state index in [0.29, 0.717) is 5.84 Å². The second-order valence-electron chi connectivity index (χ2n) is 10.1. The molecule has 0 saturated heterocycles. The molecule has 0 radical (unpaired) electrons. The van der Waals surface area contributed by atoms with Crippen molar-refractivity contribution in [2.45, 2.75) is 117 Å². The zero-order valence-electron chi connectivity index (χ0n) is 23.0. The highest BCUT2D eigenvalue weighted by Crippen LogP contribution is 2.30. The van der Waals surface area contributed by atoms with Crippen molar-refractivity contribution >= 4 is 16.6 Å². The highest BCUT2D eigenvalue weighted by Gasteiger charge is 2.16. The molecule has 0 atom stereocenters. The maximum atomic E-state index is 9.19. The Morgan fingerprint density at radius 2 is 1.14 bits per heavy atom. The number of amidine groups is 1. The molecule has 3 nitrogen and oxygen atoms in total. The molecule has 196 valence electrons. The Labute approximate surface area is 216 Å². The summed E-state index contributed by atoms with van der Waals surface area (Å²) in [5.41, 5.74) is 1.04. The van der Waals surface area contributed by atoms with Crippen molar-refractivity contribution in [1.29, 1.82) is 5.41 Å². The first kappa shape index (κ1) is 29.2. The minimum Gasteiger partial charge on any atom is -0.493 e. The van der Waals surface area contributed by atoms with E-state index in [0.717, 1.165) is 48.2 Å². The fourth-order valence-electron chi connectivity index (χ4n) is 4.81. The maximum Gasteiger partial charge on any atom is 0.128 e. The van der Waals surface area contributed by atoms with Crippen LogP contribution in [0.5, 0.6) is 5.75 Å². The largest absolute Gasteiger partial charge is 0.493 e. The van der Waals surface area contributed by atoms with Crippen molar-refractivity contribution in [3.05, 3.63) is 42.0 Å². The van der Waals surface area contributed by atoms with Crippen LogP contribution >= 0.6 is 0 Å². The smallest absolute Gasteiger partial charge is 0.128 e. The van der Waals surface area contributed by atoms with E-state index in [1.807, 2.05) is 0 Å². The normalized spacial score (nSPS) is 11.2. The zero-order valence-corrected chi connectivity index (χ0v) is 23.0. The first-order valence-electron chi connectivity index (χ1n) is 14.7. The second kappa shape index (κ2) is 18.3. The Balaban J connectivity index is 2.09. The van der Waals surface area contributed by atoms with Gasteiger partial charge in [-0.3, -0.25) is 5.41 Å². The van der Waals surface area contributed by atoms with Gasteiger partial charge in [0.2, 0.25) is 0 Å². The molecular weight excluding hydrogens is 428 g/mol. The molecule has 1 N–H and O–H groups in total. The number of unbranched alkanes of at least 4 members (excludes halogenated alkanes) is 12. The van der Waals surface area contributed by atoms with Crippen molar-refractivity contribution in [2.75, 3.05) is 19.7 Å². The van der Waals surface area contributed by atoms with Crippen molar-refractivity contribution in [3.63, 3.8) is 0 Å². The van der Waals surface area contributed by atoms with Gasteiger partial charge in [0.1, 0.15) is 11.6 Å². The Kier molecular flexibility index (Phi) is 15.2. The zero-order chi connectivity index (χ0) is 25.1. The Hall–Kier alpha value is -2.03. The van der Waals surface area contributed by atoms with Crippen LogP contribution in [-0.2, 0) is 0 Å². The lowest BCUT2D eigenvalue weighted by Crippen LogP contribution is -2.33. The maximum absolute atomic E-state index is 9.19. The lowest BCUT2D eigenvalue weighted by Gasteiger charge is -2.26. The van der Waals surface area contributed by atoms with Gasteiger partial charge in [-0.25, -0.2) is 0 Å². The van der Waals surface area contributed by atoms with E-state index in [9.17, 15) is 5.41 Å². The summed E-state index contributed by atoms with van der Waals surface area (Å²) in [5.74, 6) is 1.64. The first-order valence-corrected chi connectivity index (χ1v) is 14.7. The molecule has 0 aliphatic heterocycles. The van der Waals surface area contributed by atoms with Gasteiger partial charge in [-0.2, -0.15) is 0 Å². The van der Waals surface area contributed by atoms with Gasteiger partial charge >= 0.3 is 0 Å². The lowest BCUT2D eigenvalue weighted by atomic mass is 10.0. The van der Waals surface area contributed by atoms with Crippen LogP contribution in [-0.4, -0.2) is 30.4 Å². The molecule has 0 aliphatic carbocycles. The van der Waals surface area contributed by atoms with E-state index in [4.69, 9.17) is 4.74 Å². The van der Waals surface area contributed by atoms with Crippen molar-refractivity contribution < 1.29 is 4.74 Å². The molecule has 0 unspecified atom stereocenters. The fourth-order valence-corrected chi connectivity index (χ4v) is 4.81. The molecule has 2 aromatic rings. The highest BCUT2D eigenvalue weighted by atomic mass is 16.5. The molecule has 2 rings (SSSR count). The van der Waals surface area contributed by atoms with Gasteiger partial charge < -0.3 is 9.64 Å². The van der Waals surface area contributed by atoms with Crippen LogP contribution in [0.3, 0.4) is 0 Å². The van der Waals surface area contributed by atoms with Gasteiger partial charge in [-0.15, -0.1) is 0 Å². The standard InChI is InChI=1S/C32H52N2O/c1-4-7-10-13-18-25-34(26-19-14-11-8-5-2)32(33)30-23-24-31(29-22-17-16-21-28(29)30)35-27-20-15-12-9-6-3/h16-17,21-24,33H,4-15,18-20,25-27H2,1-3H3. The van der Waals surface area contributed by atoms with Crippen LogP contribution < -0.4 is 4.74 Å². The molecule has 0 saturated carbocycles. The molecule has 3 heteroatoms. The molecule has 0 heterocycles. The Bertz CT molecular complexity index is 817. The molecule has 0 bridgehead atoms. The number of nitrogens with zero attached hydrogens (tertiary/aromatic N) is 1. The molecule has 0 aliphatic rings. The number of ether oxygens (including phenoxy) is 1. The molecular formula is C32H52N2O. The van der Waals surface area contributed by atoms with Crippen molar-refractivity contribution in [3.8, 4) is 5.75 Å². The average Bonchev–Trinajstić information content (AvgIpc) is 2.88. The monoisotopic (exact) mass is 480 g/mol. The van der Waals surface area contributed by atoms with Crippen molar-refractivity contribution in [2.24, 2.45) is 0 Å². The average molecular weight is 481 g/mol.